The van der Waals surface area contributed by atoms with Gasteiger partial charge in [-0.05, 0) is 13.0 Å². The van der Waals surface area contributed by atoms with Crippen LogP contribution in [0.5, 0.6) is 0 Å². The number of aromatic nitrogens is 2. The summed E-state index contributed by atoms with van der Waals surface area (Å²) in [5.74, 6) is 1.04. The minimum Gasteiger partial charge on any atom is -0.379 e. The number of imidazole rings is 1. The van der Waals surface area contributed by atoms with E-state index in [9.17, 15) is 0 Å². The Morgan fingerprint density at radius 2 is 2.33 bits per heavy atom. The first-order valence-corrected chi connectivity index (χ1v) is 5.57. The summed E-state index contributed by atoms with van der Waals surface area (Å²) in [7, 11) is 2.01. The standard InChI is InChI=1S/C11H21N3O/c1-4-8-15-9-10(12-5-2)11-13-6-7-14(11)3/h6-7,10,12H,4-5,8-9H2,1-3H3. The van der Waals surface area contributed by atoms with E-state index >= 15 is 0 Å². The second-order valence-electron chi connectivity index (χ2n) is 3.58. The third-order valence-electron chi connectivity index (χ3n) is 2.25. The van der Waals surface area contributed by atoms with Crippen LogP contribution in [-0.4, -0.2) is 29.3 Å². The van der Waals surface area contributed by atoms with Crippen molar-refractivity contribution < 1.29 is 4.74 Å². The maximum Gasteiger partial charge on any atom is 0.127 e. The Labute approximate surface area is 91.7 Å². The topological polar surface area (TPSA) is 39.1 Å². The number of ether oxygens (including phenoxy) is 1. The Kier molecular flexibility index (Phi) is 5.36. The summed E-state index contributed by atoms with van der Waals surface area (Å²) in [6, 6.07) is 0.196. The molecule has 0 bridgehead atoms. The van der Waals surface area contributed by atoms with Gasteiger partial charge in [-0.2, -0.15) is 0 Å². The van der Waals surface area contributed by atoms with E-state index in [-0.39, 0.29) is 6.04 Å². The first-order chi connectivity index (χ1) is 7.29. The SMILES string of the molecule is CCCOCC(NCC)c1nccn1C. The maximum atomic E-state index is 5.56. The van der Waals surface area contributed by atoms with Gasteiger partial charge in [0.05, 0.1) is 12.6 Å². The average molecular weight is 211 g/mol. The molecule has 15 heavy (non-hydrogen) atoms. The molecule has 0 saturated heterocycles. The maximum absolute atomic E-state index is 5.56. The van der Waals surface area contributed by atoms with Crippen molar-refractivity contribution in [2.45, 2.75) is 26.3 Å². The van der Waals surface area contributed by atoms with Crippen molar-refractivity contribution in [2.75, 3.05) is 19.8 Å². The molecular weight excluding hydrogens is 190 g/mol. The lowest BCUT2D eigenvalue weighted by Crippen LogP contribution is -2.28. The van der Waals surface area contributed by atoms with Gasteiger partial charge in [0.2, 0.25) is 0 Å². The number of aryl methyl sites for hydroxylation is 1. The molecule has 0 aliphatic carbocycles. The number of nitrogens with zero attached hydrogens (tertiary/aromatic N) is 2. The number of rotatable bonds is 7. The van der Waals surface area contributed by atoms with E-state index in [1.165, 1.54) is 0 Å². The van der Waals surface area contributed by atoms with E-state index in [0.29, 0.717) is 6.61 Å². The lowest BCUT2D eigenvalue weighted by Gasteiger charge is -2.17. The van der Waals surface area contributed by atoms with Crippen molar-refractivity contribution in [1.29, 1.82) is 0 Å². The van der Waals surface area contributed by atoms with Crippen LogP contribution in [0.4, 0.5) is 0 Å². The van der Waals surface area contributed by atoms with Crippen LogP contribution in [0.1, 0.15) is 32.1 Å². The molecule has 1 N–H and O–H groups in total. The average Bonchev–Trinajstić information content (AvgIpc) is 2.64. The Hall–Kier alpha value is -0.870. The predicted octanol–water partition coefficient (Wildman–Crippen LogP) is 1.50. The fourth-order valence-corrected chi connectivity index (χ4v) is 1.53. The Balaban J connectivity index is 2.53. The zero-order chi connectivity index (χ0) is 11.1. The molecule has 0 radical (unpaired) electrons. The lowest BCUT2D eigenvalue weighted by molar-refractivity contribution is 0.109. The minimum atomic E-state index is 0.196. The molecule has 0 aliphatic heterocycles. The van der Waals surface area contributed by atoms with Crippen LogP contribution >= 0.6 is 0 Å². The smallest absolute Gasteiger partial charge is 0.127 e. The fourth-order valence-electron chi connectivity index (χ4n) is 1.53. The molecule has 4 heteroatoms. The summed E-state index contributed by atoms with van der Waals surface area (Å²) in [5, 5.41) is 3.38. The highest BCUT2D eigenvalue weighted by atomic mass is 16.5. The van der Waals surface area contributed by atoms with Gasteiger partial charge in [-0.1, -0.05) is 13.8 Å². The van der Waals surface area contributed by atoms with E-state index in [2.05, 4.69) is 24.1 Å². The van der Waals surface area contributed by atoms with E-state index in [4.69, 9.17) is 4.74 Å². The number of likely N-dealkylation sites (N-methyl/N-ethyl adjacent to an activating group) is 1. The van der Waals surface area contributed by atoms with E-state index in [1.54, 1.807) is 0 Å². The third kappa shape index (κ3) is 3.64. The Morgan fingerprint density at radius 1 is 1.53 bits per heavy atom. The molecule has 1 aromatic heterocycles. The van der Waals surface area contributed by atoms with Gasteiger partial charge < -0.3 is 14.6 Å². The van der Waals surface area contributed by atoms with Crippen molar-refractivity contribution in [3.63, 3.8) is 0 Å². The van der Waals surface area contributed by atoms with Crippen LogP contribution in [0.3, 0.4) is 0 Å². The van der Waals surface area contributed by atoms with Crippen molar-refractivity contribution in [3.8, 4) is 0 Å². The van der Waals surface area contributed by atoms with Gasteiger partial charge in [0.1, 0.15) is 5.82 Å². The largest absolute Gasteiger partial charge is 0.379 e. The van der Waals surface area contributed by atoms with Crippen LogP contribution in [-0.2, 0) is 11.8 Å². The molecule has 86 valence electrons. The normalized spacial score (nSPS) is 13.0. The van der Waals surface area contributed by atoms with Gasteiger partial charge in [0, 0.05) is 26.0 Å². The van der Waals surface area contributed by atoms with Crippen molar-refractivity contribution in [3.05, 3.63) is 18.2 Å². The van der Waals surface area contributed by atoms with Gasteiger partial charge in [-0.3, -0.25) is 0 Å². The molecule has 1 rings (SSSR count). The quantitative estimate of drug-likeness (QED) is 0.695. The molecule has 1 aromatic rings. The predicted molar refractivity (Wildman–Crippen MR) is 60.7 cm³/mol. The van der Waals surface area contributed by atoms with Crippen LogP contribution in [0.25, 0.3) is 0 Å². The lowest BCUT2D eigenvalue weighted by atomic mass is 10.3. The molecule has 0 fully saturated rings. The molecule has 0 saturated carbocycles. The summed E-state index contributed by atoms with van der Waals surface area (Å²) in [4.78, 5) is 4.33. The minimum absolute atomic E-state index is 0.196. The highest BCUT2D eigenvalue weighted by Gasteiger charge is 2.14. The summed E-state index contributed by atoms with van der Waals surface area (Å²) in [5.41, 5.74) is 0. The molecule has 0 aromatic carbocycles. The highest BCUT2D eigenvalue weighted by molar-refractivity contribution is 4.98. The monoisotopic (exact) mass is 211 g/mol. The molecule has 0 amide bonds. The first kappa shape index (κ1) is 12.2. The highest BCUT2D eigenvalue weighted by Crippen LogP contribution is 2.10. The van der Waals surface area contributed by atoms with Crippen molar-refractivity contribution in [2.24, 2.45) is 7.05 Å². The summed E-state index contributed by atoms with van der Waals surface area (Å²) in [6.07, 6.45) is 4.83. The van der Waals surface area contributed by atoms with Crippen molar-refractivity contribution in [1.82, 2.24) is 14.9 Å². The summed E-state index contributed by atoms with van der Waals surface area (Å²) >= 11 is 0. The molecule has 1 atom stereocenters. The molecule has 1 unspecified atom stereocenters. The van der Waals surface area contributed by atoms with Gasteiger partial charge in [-0.25, -0.2) is 4.98 Å². The first-order valence-electron chi connectivity index (χ1n) is 5.57. The van der Waals surface area contributed by atoms with Crippen LogP contribution in [0.15, 0.2) is 12.4 Å². The Bertz CT molecular complexity index is 273. The van der Waals surface area contributed by atoms with Crippen LogP contribution in [0, 0.1) is 0 Å². The molecular formula is C11H21N3O. The Morgan fingerprint density at radius 3 is 2.87 bits per heavy atom. The van der Waals surface area contributed by atoms with E-state index in [1.807, 2.05) is 24.0 Å². The van der Waals surface area contributed by atoms with Gasteiger partial charge in [0.25, 0.3) is 0 Å². The van der Waals surface area contributed by atoms with Crippen molar-refractivity contribution >= 4 is 0 Å². The van der Waals surface area contributed by atoms with Crippen LogP contribution < -0.4 is 5.32 Å². The van der Waals surface area contributed by atoms with Crippen LogP contribution in [0.2, 0.25) is 0 Å². The molecule has 1 heterocycles. The summed E-state index contributed by atoms with van der Waals surface area (Å²) in [6.45, 7) is 6.63. The van der Waals surface area contributed by atoms with E-state index < -0.39 is 0 Å². The zero-order valence-electron chi connectivity index (χ0n) is 9.86. The number of nitrogens with one attached hydrogen (secondary N) is 1. The molecule has 0 spiro atoms. The second kappa shape index (κ2) is 6.58. The number of hydrogen-bond donors (Lipinski definition) is 1. The third-order valence-corrected chi connectivity index (χ3v) is 2.25. The fraction of sp³-hybridized carbons (Fsp3) is 0.727. The second-order valence-corrected chi connectivity index (χ2v) is 3.58. The van der Waals surface area contributed by atoms with Gasteiger partial charge >= 0.3 is 0 Å². The van der Waals surface area contributed by atoms with Gasteiger partial charge in [0.15, 0.2) is 0 Å². The molecule has 4 nitrogen and oxygen atoms in total. The zero-order valence-corrected chi connectivity index (χ0v) is 9.86. The number of hydrogen-bond acceptors (Lipinski definition) is 3. The summed E-state index contributed by atoms with van der Waals surface area (Å²) < 4.78 is 7.59. The van der Waals surface area contributed by atoms with E-state index in [0.717, 1.165) is 25.4 Å². The molecule has 0 aliphatic rings. The van der Waals surface area contributed by atoms with Gasteiger partial charge in [-0.15, -0.1) is 0 Å².